The normalized spacial score (nSPS) is 15.7. The first-order valence-electron chi connectivity index (χ1n) is 9.53. The van der Waals surface area contributed by atoms with Gasteiger partial charge in [0.25, 0.3) is 5.91 Å². The number of sulfonamides is 1. The topological polar surface area (TPSA) is 95.5 Å². The van der Waals surface area contributed by atoms with Crippen molar-refractivity contribution in [2.24, 2.45) is 0 Å². The summed E-state index contributed by atoms with van der Waals surface area (Å²) in [6.07, 6.45) is 0. The third kappa shape index (κ3) is 4.78. The molecule has 2 aromatic carbocycles. The summed E-state index contributed by atoms with van der Waals surface area (Å²) in [7, 11) is -1.77. The standard InChI is InChI=1S/C20H20ClN5O3S2/c1-25-9-11-26(12-10-25)31(28,29)15-7-8-17(21)16(13-15)18(27)22-20-24-23-19(30-20)14-5-3-2-4-6-14/h2-8,13H,9-12H2,1H3,(H,22,24,27). The fourth-order valence-electron chi connectivity index (χ4n) is 3.15. The van der Waals surface area contributed by atoms with Crippen molar-refractivity contribution in [3.8, 4) is 10.6 Å². The Balaban J connectivity index is 1.54. The van der Waals surface area contributed by atoms with Crippen molar-refractivity contribution in [3.63, 3.8) is 0 Å². The number of nitrogens with one attached hydrogen (secondary N) is 1. The highest BCUT2D eigenvalue weighted by molar-refractivity contribution is 7.89. The van der Waals surface area contributed by atoms with E-state index in [0.717, 1.165) is 5.56 Å². The van der Waals surface area contributed by atoms with Gasteiger partial charge in [0.05, 0.1) is 15.5 Å². The molecule has 0 atom stereocenters. The first-order chi connectivity index (χ1) is 14.8. The zero-order chi connectivity index (χ0) is 22.0. The summed E-state index contributed by atoms with van der Waals surface area (Å²) in [5.74, 6) is -0.545. The van der Waals surface area contributed by atoms with E-state index in [0.29, 0.717) is 36.3 Å². The van der Waals surface area contributed by atoms with Gasteiger partial charge in [0.1, 0.15) is 5.01 Å². The first kappa shape index (κ1) is 21.8. The molecule has 4 rings (SSSR count). The van der Waals surface area contributed by atoms with Gasteiger partial charge in [0.15, 0.2) is 0 Å². The van der Waals surface area contributed by atoms with E-state index in [1.165, 1.54) is 33.8 Å². The van der Waals surface area contributed by atoms with Gasteiger partial charge >= 0.3 is 0 Å². The number of piperazine rings is 1. The number of anilines is 1. The number of aromatic nitrogens is 2. The zero-order valence-electron chi connectivity index (χ0n) is 16.7. The Hall–Kier alpha value is -2.37. The number of rotatable bonds is 5. The van der Waals surface area contributed by atoms with Crippen LogP contribution in [0.2, 0.25) is 5.02 Å². The largest absolute Gasteiger partial charge is 0.304 e. The Morgan fingerprint density at radius 2 is 1.77 bits per heavy atom. The molecule has 0 radical (unpaired) electrons. The molecule has 1 saturated heterocycles. The second kappa shape index (κ2) is 9.01. The lowest BCUT2D eigenvalue weighted by Crippen LogP contribution is -2.47. The van der Waals surface area contributed by atoms with Crippen LogP contribution < -0.4 is 5.32 Å². The smallest absolute Gasteiger partial charge is 0.259 e. The second-order valence-electron chi connectivity index (χ2n) is 7.08. The second-order valence-corrected chi connectivity index (χ2v) is 10.4. The van der Waals surface area contributed by atoms with Crippen LogP contribution in [0.15, 0.2) is 53.4 Å². The summed E-state index contributed by atoms with van der Waals surface area (Å²) in [6, 6.07) is 13.6. The molecular weight excluding hydrogens is 458 g/mol. The lowest BCUT2D eigenvalue weighted by Gasteiger charge is -2.31. The van der Waals surface area contributed by atoms with Crippen molar-refractivity contribution in [3.05, 3.63) is 59.1 Å². The van der Waals surface area contributed by atoms with E-state index in [9.17, 15) is 13.2 Å². The maximum absolute atomic E-state index is 13.0. The molecule has 1 N–H and O–H groups in total. The third-order valence-electron chi connectivity index (χ3n) is 4.95. The average Bonchev–Trinajstić information content (AvgIpc) is 3.23. The summed E-state index contributed by atoms with van der Waals surface area (Å²) in [4.78, 5) is 14.9. The number of carbonyl (C=O) groups is 1. The van der Waals surface area contributed by atoms with Crippen molar-refractivity contribution in [2.45, 2.75) is 4.90 Å². The predicted octanol–water partition coefficient (Wildman–Crippen LogP) is 3.05. The molecule has 2 heterocycles. The predicted molar refractivity (Wildman–Crippen MR) is 121 cm³/mol. The van der Waals surface area contributed by atoms with Gasteiger partial charge in [0.2, 0.25) is 15.2 Å². The molecule has 0 saturated carbocycles. The fraction of sp³-hybridized carbons (Fsp3) is 0.250. The van der Waals surface area contributed by atoms with Crippen LogP contribution in [0.1, 0.15) is 10.4 Å². The average molecular weight is 478 g/mol. The highest BCUT2D eigenvalue weighted by Crippen LogP contribution is 2.28. The fourth-order valence-corrected chi connectivity index (χ4v) is 5.55. The monoisotopic (exact) mass is 477 g/mol. The SMILES string of the molecule is CN1CCN(S(=O)(=O)c2ccc(Cl)c(C(=O)Nc3nnc(-c4ccccc4)s3)c2)CC1. The molecule has 1 aromatic heterocycles. The van der Waals surface area contributed by atoms with Crippen molar-refractivity contribution in [1.82, 2.24) is 19.4 Å². The van der Waals surface area contributed by atoms with Gasteiger partial charge in [-0.3, -0.25) is 10.1 Å². The quantitative estimate of drug-likeness (QED) is 0.606. The number of nitrogens with zero attached hydrogens (tertiary/aromatic N) is 4. The Labute approximate surface area is 189 Å². The molecule has 1 aliphatic heterocycles. The van der Waals surface area contributed by atoms with E-state index in [1.54, 1.807) is 0 Å². The molecule has 0 aliphatic carbocycles. The van der Waals surface area contributed by atoms with Crippen LogP contribution in [0.25, 0.3) is 10.6 Å². The maximum atomic E-state index is 13.0. The van der Waals surface area contributed by atoms with Crippen LogP contribution in [0.5, 0.6) is 0 Å². The number of likely N-dealkylation sites (N-methyl/N-ethyl adjacent to an activating group) is 1. The number of carbonyl (C=O) groups excluding carboxylic acids is 1. The number of benzene rings is 2. The summed E-state index contributed by atoms with van der Waals surface area (Å²) in [5.41, 5.74) is 0.951. The summed E-state index contributed by atoms with van der Waals surface area (Å²) < 4.78 is 27.4. The Bertz CT molecular complexity index is 1190. The van der Waals surface area contributed by atoms with Crippen LogP contribution in [-0.2, 0) is 10.0 Å². The molecule has 0 unspecified atom stereocenters. The Morgan fingerprint density at radius 3 is 2.48 bits per heavy atom. The van der Waals surface area contributed by atoms with E-state index >= 15 is 0 Å². The van der Waals surface area contributed by atoms with E-state index < -0.39 is 15.9 Å². The van der Waals surface area contributed by atoms with Crippen LogP contribution in [0.3, 0.4) is 0 Å². The highest BCUT2D eigenvalue weighted by Gasteiger charge is 2.28. The summed E-state index contributed by atoms with van der Waals surface area (Å²) in [6.45, 7) is 2.11. The molecule has 3 aromatic rings. The molecule has 0 bridgehead atoms. The lowest BCUT2D eigenvalue weighted by molar-refractivity contribution is 0.102. The molecule has 11 heteroatoms. The Kier molecular flexibility index (Phi) is 6.35. The van der Waals surface area contributed by atoms with Crippen LogP contribution in [0.4, 0.5) is 5.13 Å². The van der Waals surface area contributed by atoms with Gasteiger partial charge in [0, 0.05) is 31.7 Å². The number of hydrogen-bond donors (Lipinski definition) is 1. The molecule has 1 fully saturated rings. The van der Waals surface area contributed by atoms with Crippen LogP contribution in [-0.4, -0.2) is 67.0 Å². The number of hydrogen-bond acceptors (Lipinski definition) is 7. The molecule has 0 spiro atoms. The van der Waals surface area contributed by atoms with E-state index in [2.05, 4.69) is 20.4 Å². The van der Waals surface area contributed by atoms with Crippen LogP contribution in [0, 0.1) is 0 Å². The van der Waals surface area contributed by atoms with E-state index in [-0.39, 0.29) is 15.5 Å². The van der Waals surface area contributed by atoms with Crippen molar-refractivity contribution >= 4 is 44.0 Å². The maximum Gasteiger partial charge on any atom is 0.259 e. The highest BCUT2D eigenvalue weighted by atomic mass is 35.5. The first-order valence-corrected chi connectivity index (χ1v) is 12.2. The molecule has 162 valence electrons. The van der Waals surface area contributed by atoms with E-state index in [4.69, 9.17) is 11.6 Å². The Morgan fingerprint density at radius 1 is 1.06 bits per heavy atom. The lowest BCUT2D eigenvalue weighted by atomic mass is 10.2. The molecule has 1 aliphatic rings. The zero-order valence-corrected chi connectivity index (χ0v) is 19.0. The van der Waals surface area contributed by atoms with Crippen molar-refractivity contribution < 1.29 is 13.2 Å². The summed E-state index contributed by atoms with van der Waals surface area (Å²) in [5, 5.41) is 11.9. The number of amides is 1. The van der Waals surface area contributed by atoms with Gasteiger partial charge < -0.3 is 4.90 Å². The minimum absolute atomic E-state index is 0.0360. The minimum atomic E-state index is -3.72. The van der Waals surface area contributed by atoms with Crippen molar-refractivity contribution in [2.75, 3.05) is 38.5 Å². The third-order valence-corrected chi connectivity index (χ3v) is 8.06. The molecule has 8 nitrogen and oxygen atoms in total. The molecule has 31 heavy (non-hydrogen) atoms. The van der Waals surface area contributed by atoms with Gasteiger partial charge in [-0.05, 0) is 25.2 Å². The molecule has 1 amide bonds. The minimum Gasteiger partial charge on any atom is -0.304 e. The van der Waals surface area contributed by atoms with E-state index in [1.807, 2.05) is 37.4 Å². The van der Waals surface area contributed by atoms with Gasteiger partial charge in [-0.1, -0.05) is 53.3 Å². The van der Waals surface area contributed by atoms with Crippen LogP contribution >= 0.6 is 22.9 Å². The van der Waals surface area contributed by atoms with Crippen molar-refractivity contribution in [1.29, 1.82) is 0 Å². The number of halogens is 1. The summed E-state index contributed by atoms with van der Waals surface area (Å²) >= 11 is 7.42. The van der Waals surface area contributed by atoms with Gasteiger partial charge in [-0.2, -0.15) is 4.31 Å². The van der Waals surface area contributed by atoms with Gasteiger partial charge in [-0.25, -0.2) is 8.42 Å². The van der Waals surface area contributed by atoms with Gasteiger partial charge in [-0.15, -0.1) is 10.2 Å². The molecular formula is C20H20ClN5O3S2.